The maximum Gasteiger partial charge on any atom is 0.189 e. The van der Waals surface area contributed by atoms with E-state index in [0.29, 0.717) is 32.3 Å². The van der Waals surface area contributed by atoms with E-state index in [9.17, 15) is 0 Å². The molecule has 4 aromatic carbocycles. The Morgan fingerprint density at radius 1 is 0.766 bits per heavy atom. The molecule has 2 unspecified atom stereocenters. The summed E-state index contributed by atoms with van der Waals surface area (Å²) in [4.78, 5) is 0. The second-order valence-corrected chi connectivity index (χ2v) is 19.0. The fourth-order valence-electron chi connectivity index (χ4n) is 5.76. The van der Waals surface area contributed by atoms with Crippen LogP contribution < -0.4 is 19.5 Å². The predicted octanol–water partition coefficient (Wildman–Crippen LogP) is 8.19. The molecule has 7 nitrogen and oxygen atoms in total. The van der Waals surface area contributed by atoms with Gasteiger partial charge in [0.15, 0.2) is 6.79 Å². The van der Waals surface area contributed by atoms with Gasteiger partial charge in [0.05, 0.1) is 39.6 Å². The van der Waals surface area contributed by atoms with E-state index in [2.05, 4.69) is 79.6 Å². The monoisotopic (exact) mass is 657 g/mol. The lowest BCUT2D eigenvalue weighted by Gasteiger charge is -2.32. The van der Waals surface area contributed by atoms with E-state index in [1.54, 1.807) is 7.11 Å². The van der Waals surface area contributed by atoms with Crippen molar-refractivity contribution in [2.45, 2.75) is 63.8 Å². The Morgan fingerprint density at radius 2 is 1.57 bits per heavy atom. The van der Waals surface area contributed by atoms with Crippen LogP contribution in [0.15, 0.2) is 84.9 Å². The predicted molar refractivity (Wildman–Crippen MR) is 192 cm³/mol. The van der Waals surface area contributed by atoms with Crippen LogP contribution in [0, 0.1) is 0 Å². The molecule has 1 aliphatic heterocycles. The first-order valence-corrected chi connectivity index (χ1v) is 20.6. The number of nitrogens with one attached hydrogen (secondary N) is 1. The Kier molecular flexibility index (Phi) is 13.1. The third kappa shape index (κ3) is 11.1. The molecule has 1 aliphatic rings. The highest BCUT2D eigenvalue weighted by molar-refractivity contribution is 6.76. The lowest BCUT2D eigenvalue weighted by Crippen LogP contribution is -2.40. The quantitative estimate of drug-likeness (QED) is 0.0658. The third-order valence-electron chi connectivity index (χ3n) is 8.53. The van der Waals surface area contributed by atoms with Crippen molar-refractivity contribution in [3.05, 3.63) is 102 Å². The highest BCUT2D eigenvalue weighted by Crippen LogP contribution is 2.30. The maximum atomic E-state index is 6.55. The summed E-state index contributed by atoms with van der Waals surface area (Å²) >= 11 is 0. The second kappa shape index (κ2) is 17.7. The molecule has 0 spiro atoms. The van der Waals surface area contributed by atoms with E-state index >= 15 is 0 Å². The first-order valence-electron chi connectivity index (χ1n) is 16.9. The highest BCUT2D eigenvalue weighted by Gasteiger charge is 2.27. The smallest absolute Gasteiger partial charge is 0.189 e. The lowest BCUT2D eigenvalue weighted by molar-refractivity contribution is 0.0106. The standard InChI is InChI=1S/C39H51NO6Si/c1-41-38-9-6-5-8-33(38)28-42-20-7-21-44-35-15-13-32(14-16-35)37-18-19-40-26-39(37)45-27-30-10-11-31-12-17-36(25-34(31)24-30)46-29-43-22-23-47(2,3)4/h5-6,8-17,24-25,37,39-40H,7,18-23,26-29H2,1-4H3. The molecule has 0 radical (unpaired) electrons. The van der Waals surface area contributed by atoms with Crippen molar-refractivity contribution in [1.29, 1.82) is 0 Å². The summed E-state index contributed by atoms with van der Waals surface area (Å²) < 4.78 is 35.4. The Hall–Kier alpha value is -3.40. The Bertz CT molecular complexity index is 1520. The van der Waals surface area contributed by atoms with E-state index < -0.39 is 8.07 Å². The van der Waals surface area contributed by atoms with Crippen LogP contribution in [-0.4, -0.2) is 61.0 Å². The summed E-state index contributed by atoms with van der Waals surface area (Å²) in [6.45, 7) is 12.2. The molecule has 0 bridgehead atoms. The molecular weight excluding hydrogens is 607 g/mol. The number of hydrogen-bond donors (Lipinski definition) is 1. The SMILES string of the molecule is COc1ccccc1COCCCOc1ccc(C2CCNCC2OCc2ccc3ccc(OCOCC[Si](C)(C)C)cc3c2)cc1. The topological polar surface area (TPSA) is 67.4 Å². The van der Waals surface area contributed by atoms with Crippen LogP contribution in [-0.2, 0) is 27.4 Å². The summed E-state index contributed by atoms with van der Waals surface area (Å²) in [6.07, 6.45) is 1.94. The summed E-state index contributed by atoms with van der Waals surface area (Å²) in [6, 6.07) is 30.3. The van der Waals surface area contributed by atoms with Gasteiger partial charge in [0.25, 0.3) is 0 Å². The molecule has 1 fully saturated rings. The van der Waals surface area contributed by atoms with Crippen molar-refractivity contribution < 1.29 is 28.4 Å². The van der Waals surface area contributed by atoms with E-state index in [0.717, 1.165) is 72.3 Å². The van der Waals surface area contributed by atoms with Crippen molar-refractivity contribution in [1.82, 2.24) is 5.32 Å². The van der Waals surface area contributed by atoms with Crippen LogP contribution in [0.2, 0.25) is 25.7 Å². The first kappa shape index (κ1) is 34.9. The summed E-state index contributed by atoms with van der Waals surface area (Å²) in [5.74, 6) is 2.88. The molecule has 252 valence electrons. The van der Waals surface area contributed by atoms with Gasteiger partial charge in [-0.25, -0.2) is 0 Å². The van der Waals surface area contributed by atoms with Gasteiger partial charge in [0, 0.05) is 39.1 Å². The Balaban J connectivity index is 1.07. The van der Waals surface area contributed by atoms with Crippen molar-refractivity contribution in [2.75, 3.05) is 46.8 Å². The molecule has 2 atom stereocenters. The van der Waals surface area contributed by atoms with Gasteiger partial charge in [0.1, 0.15) is 17.2 Å². The number of ether oxygens (including phenoxy) is 6. The molecule has 5 rings (SSSR count). The van der Waals surface area contributed by atoms with Crippen LogP contribution in [0.4, 0.5) is 0 Å². The van der Waals surface area contributed by atoms with Gasteiger partial charge in [-0.3, -0.25) is 0 Å². The zero-order valence-corrected chi connectivity index (χ0v) is 29.5. The van der Waals surface area contributed by atoms with E-state index in [1.165, 1.54) is 10.9 Å². The van der Waals surface area contributed by atoms with Crippen LogP contribution in [0.5, 0.6) is 17.2 Å². The number of piperidine rings is 1. The average molecular weight is 658 g/mol. The molecule has 1 N–H and O–H groups in total. The zero-order chi connectivity index (χ0) is 32.9. The molecule has 0 aliphatic carbocycles. The molecule has 0 aromatic heterocycles. The van der Waals surface area contributed by atoms with Gasteiger partial charge < -0.3 is 33.7 Å². The minimum absolute atomic E-state index is 0.0922. The molecule has 0 amide bonds. The fourth-order valence-corrected chi connectivity index (χ4v) is 6.51. The molecular formula is C39H51NO6Si. The normalized spacial score (nSPS) is 16.7. The van der Waals surface area contributed by atoms with Crippen LogP contribution in [0.3, 0.4) is 0 Å². The molecule has 0 saturated carbocycles. The first-order chi connectivity index (χ1) is 22.9. The highest BCUT2D eigenvalue weighted by atomic mass is 28.3. The van der Waals surface area contributed by atoms with E-state index in [-0.39, 0.29) is 12.9 Å². The van der Waals surface area contributed by atoms with Crippen molar-refractivity contribution >= 4 is 18.8 Å². The summed E-state index contributed by atoms with van der Waals surface area (Å²) in [5.41, 5.74) is 3.50. The molecule has 1 heterocycles. The van der Waals surface area contributed by atoms with Gasteiger partial charge in [-0.2, -0.15) is 0 Å². The molecule has 47 heavy (non-hydrogen) atoms. The van der Waals surface area contributed by atoms with Crippen molar-refractivity contribution in [2.24, 2.45) is 0 Å². The van der Waals surface area contributed by atoms with Gasteiger partial charge in [-0.05, 0) is 77.3 Å². The number of fused-ring (bicyclic) bond motifs is 1. The largest absolute Gasteiger partial charge is 0.496 e. The number of hydrogen-bond acceptors (Lipinski definition) is 7. The third-order valence-corrected chi connectivity index (χ3v) is 10.2. The molecule has 8 heteroatoms. The number of benzene rings is 4. The van der Waals surface area contributed by atoms with Crippen molar-refractivity contribution in [3.63, 3.8) is 0 Å². The van der Waals surface area contributed by atoms with Crippen molar-refractivity contribution in [3.8, 4) is 17.2 Å². The minimum Gasteiger partial charge on any atom is -0.496 e. The van der Waals surface area contributed by atoms with Crippen LogP contribution >= 0.6 is 0 Å². The lowest BCUT2D eigenvalue weighted by atomic mass is 9.87. The Labute approximate surface area is 281 Å². The Morgan fingerprint density at radius 3 is 2.40 bits per heavy atom. The minimum atomic E-state index is -1.10. The van der Waals surface area contributed by atoms with Gasteiger partial charge >= 0.3 is 0 Å². The summed E-state index contributed by atoms with van der Waals surface area (Å²) in [7, 11) is 0.581. The molecule has 4 aromatic rings. The molecule has 1 saturated heterocycles. The number of rotatable bonds is 18. The van der Waals surface area contributed by atoms with E-state index in [1.807, 2.05) is 30.3 Å². The van der Waals surface area contributed by atoms with Gasteiger partial charge in [-0.1, -0.05) is 68.2 Å². The number of methoxy groups -OCH3 is 1. The van der Waals surface area contributed by atoms with Crippen LogP contribution in [0.25, 0.3) is 10.8 Å². The zero-order valence-electron chi connectivity index (χ0n) is 28.5. The fraction of sp³-hybridized carbons (Fsp3) is 0.436. The van der Waals surface area contributed by atoms with Gasteiger partial charge in [0.2, 0.25) is 0 Å². The average Bonchev–Trinajstić information content (AvgIpc) is 3.08. The maximum absolute atomic E-state index is 6.55. The van der Waals surface area contributed by atoms with Crippen LogP contribution in [0.1, 0.15) is 35.4 Å². The summed E-state index contributed by atoms with van der Waals surface area (Å²) in [5, 5.41) is 5.85. The van der Waals surface area contributed by atoms with E-state index in [4.69, 9.17) is 28.4 Å². The second-order valence-electron chi connectivity index (χ2n) is 13.4. The number of para-hydroxylation sites is 1. The van der Waals surface area contributed by atoms with Gasteiger partial charge in [-0.15, -0.1) is 0 Å².